The van der Waals surface area contributed by atoms with Crippen molar-refractivity contribution in [3.8, 4) is 6.07 Å². The summed E-state index contributed by atoms with van der Waals surface area (Å²) < 4.78 is 5.84. The monoisotopic (exact) mass is 293 g/mol. The molecule has 5 heteroatoms. The number of carbonyl (C=O) groups excluding carboxylic acids is 1. The van der Waals surface area contributed by atoms with Crippen LogP contribution >= 0.6 is 23.5 Å². The molecule has 1 aromatic rings. The summed E-state index contributed by atoms with van der Waals surface area (Å²) in [7, 11) is 0. The number of ether oxygens (including phenoxy) is 1. The molecule has 0 saturated carbocycles. The van der Waals surface area contributed by atoms with Crippen LogP contribution in [0, 0.1) is 18.3 Å². The van der Waals surface area contributed by atoms with Gasteiger partial charge in [0.15, 0.2) is 5.57 Å². The Morgan fingerprint density at radius 2 is 1.84 bits per heavy atom. The first-order valence-corrected chi connectivity index (χ1v) is 8.02. The first-order chi connectivity index (χ1) is 9.12. The average molecular weight is 293 g/mol. The third-order valence-electron chi connectivity index (χ3n) is 2.38. The zero-order valence-electron chi connectivity index (χ0n) is 11.1. The van der Waals surface area contributed by atoms with E-state index in [4.69, 9.17) is 10.00 Å². The molecule has 0 N–H and O–H groups in total. The van der Waals surface area contributed by atoms with Crippen LogP contribution in [0.5, 0.6) is 0 Å². The quantitative estimate of drug-likeness (QED) is 0.472. The molecule has 0 radical (unpaired) electrons. The zero-order chi connectivity index (χ0) is 14.3. The highest BCUT2D eigenvalue weighted by Gasteiger charge is 2.16. The van der Waals surface area contributed by atoms with Gasteiger partial charge in [-0.1, -0.05) is 29.8 Å². The average Bonchev–Trinajstić information content (AvgIpc) is 2.43. The van der Waals surface area contributed by atoms with Crippen molar-refractivity contribution >= 4 is 29.5 Å². The summed E-state index contributed by atoms with van der Waals surface area (Å²) in [4.78, 5) is 11.8. The summed E-state index contributed by atoms with van der Waals surface area (Å²) in [5.41, 5.74) is 2.14. The number of rotatable bonds is 5. The second kappa shape index (κ2) is 7.93. The minimum absolute atomic E-state index is 0.0760. The molecule has 19 heavy (non-hydrogen) atoms. The molecule has 0 saturated heterocycles. The fourth-order valence-corrected chi connectivity index (χ4v) is 2.70. The summed E-state index contributed by atoms with van der Waals surface area (Å²) in [6, 6.07) is 9.64. The highest BCUT2D eigenvalue weighted by atomic mass is 32.2. The molecule has 0 heterocycles. The van der Waals surface area contributed by atoms with Gasteiger partial charge in [0, 0.05) is 0 Å². The van der Waals surface area contributed by atoms with Gasteiger partial charge in [0.1, 0.15) is 12.7 Å². The van der Waals surface area contributed by atoms with E-state index >= 15 is 0 Å². The molecule has 100 valence electrons. The fraction of sp³-hybridized carbons (Fsp3) is 0.286. The van der Waals surface area contributed by atoms with Crippen LogP contribution in [0.4, 0.5) is 0 Å². The van der Waals surface area contributed by atoms with Gasteiger partial charge in [-0.2, -0.15) is 5.26 Å². The molecule has 0 aliphatic heterocycles. The Bertz CT molecular complexity index is 509. The van der Waals surface area contributed by atoms with E-state index in [1.165, 1.54) is 23.5 Å². The number of esters is 1. The van der Waals surface area contributed by atoms with E-state index in [1.54, 1.807) is 0 Å². The Labute approximate surface area is 122 Å². The zero-order valence-corrected chi connectivity index (χ0v) is 12.7. The van der Waals surface area contributed by atoms with Gasteiger partial charge in [0.2, 0.25) is 0 Å². The molecule has 0 aliphatic rings. The molecule has 0 fully saturated rings. The lowest BCUT2D eigenvalue weighted by Crippen LogP contribution is -2.08. The van der Waals surface area contributed by atoms with Crippen LogP contribution in [0.1, 0.15) is 11.1 Å². The highest BCUT2D eigenvalue weighted by Crippen LogP contribution is 2.27. The van der Waals surface area contributed by atoms with Gasteiger partial charge in [-0.05, 0) is 25.0 Å². The predicted octanol–water partition coefficient (Wildman–Crippen LogP) is 3.50. The van der Waals surface area contributed by atoms with E-state index in [0.717, 1.165) is 11.1 Å². The Balaban J connectivity index is 2.72. The summed E-state index contributed by atoms with van der Waals surface area (Å²) in [5.74, 6) is -0.568. The number of aryl methyl sites for hydroxylation is 1. The molecule has 0 atom stereocenters. The molecule has 0 aliphatic carbocycles. The van der Waals surface area contributed by atoms with Crippen molar-refractivity contribution in [1.82, 2.24) is 0 Å². The number of nitriles is 1. The van der Waals surface area contributed by atoms with Gasteiger partial charge in [-0.25, -0.2) is 4.79 Å². The van der Waals surface area contributed by atoms with Crippen molar-refractivity contribution in [2.24, 2.45) is 0 Å². The van der Waals surface area contributed by atoms with Crippen LogP contribution in [-0.2, 0) is 16.1 Å². The van der Waals surface area contributed by atoms with Gasteiger partial charge >= 0.3 is 5.97 Å². The largest absolute Gasteiger partial charge is 0.457 e. The predicted molar refractivity (Wildman–Crippen MR) is 80.6 cm³/mol. The van der Waals surface area contributed by atoms with Crippen molar-refractivity contribution in [2.75, 3.05) is 12.5 Å². The van der Waals surface area contributed by atoms with E-state index in [-0.39, 0.29) is 12.2 Å². The smallest absolute Gasteiger partial charge is 0.350 e. The fourth-order valence-electron chi connectivity index (χ4n) is 1.37. The molecule has 3 nitrogen and oxygen atoms in total. The van der Waals surface area contributed by atoms with Crippen LogP contribution in [0.25, 0.3) is 0 Å². The van der Waals surface area contributed by atoms with Crippen LogP contribution < -0.4 is 0 Å². The normalized spacial score (nSPS) is 9.58. The number of hydrogen-bond acceptors (Lipinski definition) is 5. The summed E-state index contributed by atoms with van der Waals surface area (Å²) in [6.45, 7) is 2.18. The topological polar surface area (TPSA) is 50.1 Å². The lowest BCUT2D eigenvalue weighted by atomic mass is 10.2. The number of nitrogens with zero attached hydrogens (tertiary/aromatic N) is 1. The molecule has 1 rings (SSSR count). The van der Waals surface area contributed by atoms with Crippen LogP contribution in [0.3, 0.4) is 0 Å². The van der Waals surface area contributed by atoms with Gasteiger partial charge in [0.05, 0.1) is 4.24 Å². The Morgan fingerprint density at radius 3 is 2.32 bits per heavy atom. The maximum atomic E-state index is 11.8. The molecule has 1 aromatic carbocycles. The SMILES string of the molecule is CSC(SC)=C(C#N)C(=O)OCc1ccc(C)cc1. The van der Waals surface area contributed by atoms with Crippen molar-refractivity contribution < 1.29 is 9.53 Å². The summed E-state index contributed by atoms with van der Waals surface area (Å²) in [6.07, 6.45) is 3.66. The van der Waals surface area contributed by atoms with Crippen LogP contribution in [0.15, 0.2) is 34.1 Å². The second-order valence-corrected chi connectivity index (χ2v) is 5.64. The number of hydrogen-bond donors (Lipinski definition) is 0. The summed E-state index contributed by atoms with van der Waals surface area (Å²) in [5, 5.41) is 9.03. The standard InChI is InChI=1S/C14H15NO2S2/c1-10-4-6-11(7-5-10)9-17-13(16)12(8-15)14(18-2)19-3/h4-7H,9H2,1-3H3. The number of carbonyl (C=O) groups is 1. The molecule has 0 spiro atoms. The maximum absolute atomic E-state index is 11.8. The maximum Gasteiger partial charge on any atom is 0.350 e. The van der Waals surface area contributed by atoms with Gasteiger partial charge in [-0.3, -0.25) is 0 Å². The van der Waals surface area contributed by atoms with E-state index < -0.39 is 5.97 Å². The lowest BCUT2D eigenvalue weighted by molar-refractivity contribution is -0.139. The lowest BCUT2D eigenvalue weighted by Gasteiger charge is -2.06. The van der Waals surface area contributed by atoms with Crippen LogP contribution in [0.2, 0.25) is 0 Å². The Hall–Kier alpha value is -1.38. The highest BCUT2D eigenvalue weighted by molar-refractivity contribution is 8.21. The first-order valence-electron chi connectivity index (χ1n) is 5.57. The van der Waals surface area contributed by atoms with Gasteiger partial charge < -0.3 is 4.74 Å². The van der Waals surface area contributed by atoms with Crippen molar-refractivity contribution in [1.29, 1.82) is 5.26 Å². The second-order valence-electron chi connectivity index (χ2n) is 3.74. The molecule has 0 aromatic heterocycles. The minimum atomic E-state index is -0.568. The number of thioether (sulfide) groups is 2. The van der Waals surface area contributed by atoms with Crippen LogP contribution in [-0.4, -0.2) is 18.5 Å². The Morgan fingerprint density at radius 1 is 1.26 bits per heavy atom. The molecule has 0 amide bonds. The van der Waals surface area contributed by atoms with Crippen molar-refractivity contribution in [3.05, 3.63) is 45.2 Å². The third kappa shape index (κ3) is 4.66. The molecule has 0 bridgehead atoms. The number of benzene rings is 1. The van der Waals surface area contributed by atoms with Crippen molar-refractivity contribution in [2.45, 2.75) is 13.5 Å². The third-order valence-corrected chi connectivity index (χ3v) is 4.53. The molecule has 0 unspecified atom stereocenters. The van der Waals surface area contributed by atoms with E-state index in [9.17, 15) is 4.79 Å². The van der Waals surface area contributed by atoms with Crippen molar-refractivity contribution in [3.63, 3.8) is 0 Å². The molecular weight excluding hydrogens is 278 g/mol. The minimum Gasteiger partial charge on any atom is -0.457 e. The molecular formula is C14H15NO2S2. The van der Waals surface area contributed by atoms with E-state index in [0.29, 0.717) is 4.24 Å². The van der Waals surface area contributed by atoms with E-state index in [2.05, 4.69) is 0 Å². The van der Waals surface area contributed by atoms with Gasteiger partial charge in [-0.15, -0.1) is 23.5 Å². The summed E-state index contributed by atoms with van der Waals surface area (Å²) >= 11 is 2.75. The Kier molecular flexibility index (Phi) is 6.54. The first kappa shape index (κ1) is 15.7. The van der Waals surface area contributed by atoms with E-state index in [1.807, 2.05) is 49.8 Å². The van der Waals surface area contributed by atoms with Gasteiger partial charge in [0.25, 0.3) is 0 Å².